The summed E-state index contributed by atoms with van der Waals surface area (Å²) in [5, 5.41) is 3.50. The molecule has 0 fully saturated rings. The van der Waals surface area contributed by atoms with Crippen LogP contribution in [0.2, 0.25) is 0 Å². The number of nitrogens with one attached hydrogen (secondary N) is 1. The molecule has 0 heterocycles. The molecular formula is C18H31NO. The fourth-order valence-electron chi connectivity index (χ4n) is 2.26. The Morgan fingerprint density at radius 3 is 2.65 bits per heavy atom. The summed E-state index contributed by atoms with van der Waals surface area (Å²) in [6.07, 6.45) is 5.00. The molecule has 0 bridgehead atoms. The molecule has 0 aliphatic carbocycles. The van der Waals surface area contributed by atoms with Gasteiger partial charge in [0.2, 0.25) is 0 Å². The van der Waals surface area contributed by atoms with E-state index in [1.54, 1.807) is 0 Å². The van der Waals surface area contributed by atoms with Crippen molar-refractivity contribution in [2.24, 2.45) is 5.92 Å². The third kappa shape index (κ3) is 6.42. The molecule has 114 valence electrons. The Morgan fingerprint density at radius 2 is 1.95 bits per heavy atom. The molecule has 0 aliphatic rings. The van der Waals surface area contributed by atoms with Crippen LogP contribution in [-0.4, -0.2) is 13.2 Å². The lowest BCUT2D eigenvalue weighted by atomic mass is 10.1. The van der Waals surface area contributed by atoms with Crippen molar-refractivity contribution in [2.75, 3.05) is 13.2 Å². The molecule has 0 saturated carbocycles. The average Bonchev–Trinajstić information content (AvgIpc) is 2.40. The zero-order valence-electron chi connectivity index (χ0n) is 13.7. The SMILES string of the molecule is CCCCCCOc1c(C)cccc1CNCC(C)C. The van der Waals surface area contributed by atoms with Crippen molar-refractivity contribution in [3.8, 4) is 5.75 Å². The van der Waals surface area contributed by atoms with Crippen molar-refractivity contribution in [1.29, 1.82) is 0 Å². The second-order valence-electron chi connectivity index (χ2n) is 6.00. The Morgan fingerprint density at radius 1 is 1.15 bits per heavy atom. The molecule has 2 heteroatoms. The lowest BCUT2D eigenvalue weighted by Crippen LogP contribution is -2.19. The first-order valence-electron chi connectivity index (χ1n) is 8.07. The third-order valence-electron chi connectivity index (χ3n) is 3.41. The third-order valence-corrected chi connectivity index (χ3v) is 3.41. The highest BCUT2D eigenvalue weighted by atomic mass is 16.5. The Bertz CT molecular complexity index is 374. The van der Waals surface area contributed by atoms with Crippen molar-refractivity contribution in [2.45, 2.75) is 59.9 Å². The minimum Gasteiger partial charge on any atom is -0.493 e. The zero-order chi connectivity index (χ0) is 14.8. The van der Waals surface area contributed by atoms with Crippen LogP contribution in [0.3, 0.4) is 0 Å². The van der Waals surface area contributed by atoms with Gasteiger partial charge in [-0.05, 0) is 31.4 Å². The van der Waals surface area contributed by atoms with Gasteiger partial charge in [0.1, 0.15) is 5.75 Å². The molecule has 0 aliphatic heterocycles. The molecule has 0 spiro atoms. The standard InChI is InChI=1S/C18H31NO/c1-5-6-7-8-12-20-18-16(4)10-9-11-17(18)14-19-13-15(2)3/h9-11,15,19H,5-8,12-14H2,1-4H3. The summed E-state index contributed by atoms with van der Waals surface area (Å²) in [5.74, 6) is 1.76. The normalized spacial score (nSPS) is 11.1. The van der Waals surface area contributed by atoms with Crippen LogP contribution in [0, 0.1) is 12.8 Å². The molecule has 0 radical (unpaired) electrons. The van der Waals surface area contributed by atoms with E-state index in [-0.39, 0.29) is 0 Å². The molecule has 0 amide bonds. The van der Waals surface area contributed by atoms with Crippen LogP contribution in [0.25, 0.3) is 0 Å². The van der Waals surface area contributed by atoms with E-state index in [1.807, 2.05) is 0 Å². The highest BCUT2D eigenvalue weighted by molar-refractivity contribution is 5.40. The van der Waals surface area contributed by atoms with E-state index >= 15 is 0 Å². The first kappa shape index (κ1) is 17.0. The van der Waals surface area contributed by atoms with E-state index in [0.717, 1.165) is 31.9 Å². The highest BCUT2D eigenvalue weighted by Gasteiger charge is 2.07. The van der Waals surface area contributed by atoms with Gasteiger partial charge in [0.15, 0.2) is 0 Å². The van der Waals surface area contributed by atoms with E-state index < -0.39 is 0 Å². The van der Waals surface area contributed by atoms with Gasteiger partial charge in [0, 0.05) is 12.1 Å². The zero-order valence-corrected chi connectivity index (χ0v) is 13.7. The summed E-state index contributed by atoms with van der Waals surface area (Å²) in [6, 6.07) is 6.42. The molecule has 1 rings (SSSR count). The van der Waals surface area contributed by atoms with Crippen molar-refractivity contribution < 1.29 is 4.74 Å². The summed E-state index contributed by atoms with van der Waals surface area (Å²) < 4.78 is 6.03. The van der Waals surface area contributed by atoms with E-state index in [9.17, 15) is 0 Å². The average molecular weight is 277 g/mol. The van der Waals surface area contributed by atoms with E-state index in [2.05, 4.69) is 51.2 Å². The van der Waals surface area contributed by atoms with Gasteiger partial charge < -0.3 is 10.1 Å². The number of para-hydroxylation sites is 1. The van der Waals surface area contributed by atoms with Crippen LogP contribution in [0.5, 0.6) is 5.75 Å². The second-order valence-corrected chi connectivity index (χ2v) is 6.00. The van der Waals surface area contributed by atoms with Crippen LogP contribution >= 0.6 is 0 Å². The monoisotopic (exact) mass is 277 g/mol. The number of hydrogen-bond donors (Lipinski definition) is 1. The number of unbranched alkanes of at least 4 members (excludes halogenated alkanes) is 3. The predicted octanol–water partition coefficient (Wildman–Crippen LogP) is 4.70. The first-order valence-corrected chi connectivity index (χ1v) is 8.07. The molecule has 0 atom stereocenters. The van der Waals surface area contributed by atoms with E-state index in [0.29, 0.717) is 5.92 Å². The maximum absolute atomic E-state index is 6.03. The number of hydrogen-bond acceptors (Lipinski definition) is 2. The molecule has 20 heavy (non-hydrogen) atoms. The molecular weight excluding hydrogens is 246 g/mol. The Kier molecular flexibility index (Phi) is 8.36. The number of rotatable bonds is 10. The Hall–Kier alpha value is -1.02. The van der Waals surface area contributed by atoms with Gasteiger partial charge in [-0.1, -0.05) is 58.2 Å². The minimum atomic E-state index is 0.679. The highest BCUT2D eigenvalue weighted by Crippen LogP contribution is 2.23. The quantitative estimate of drug-likeness (QED) is 0.626. The van der Waals surface area contributed by atoms with Crippen LogP contribution in [-0.2, 0) is 6.54 Å². The van der Waals surface area contributed by atoms with Crippen molar-refractivity contribution in [3.05, 3.63) is 29.3 Å². The topological polar surface area (TPSA) is 21.3 Å². The Labute approximate surface area is 124 Å². The van der Waals surface area contributed by atoms with Gasteiger partial charge in [-0.15, -0.1) is 0 Å². The molecule has 1 N–H and O–H groups in total. The lowest BCUT2D eigenvalue weighted by molar-refractivity contribution is 0.299. The summed E-state index contributed by atoms with van der Waals surface area (Å²) in [6.45, 7) is 11.6. The maximum Gasteiger partial charge on any atom is 0.126 e. The van der Waals surface area contributed by atoms with Gasteiger partial charge in [-0.3, -0.25) is 0 Å². The van der Waals surface area contributed by atoms with Gasteiger partial charge in [-0.25, -0.2) is 0 Å². The molecule has 1 aromatic rings. The van der Waals surface area contributed by atoms with E-state index in [1.165, 1.54) is 30.4 Å². The minimum absolute atomic E-state index is 0.679. The largest absolute Gasteiger partial charge is 0.493 e. The van der Waals surface area contributed by atoms with Crippen molar-refractivity contribution in [1.82, 2.24) is 5.32 Å². The Balaban J connectivity index is 2.49. The second kappa shape index (κ2) is 9.82. The first-order chi connectivity index (χ1) is 9.65. The summed E-state index contributed by atoms with van der Waals surface area (Å²) >= 11 is 0. The van der Waals surface area contributed by atoms with Gasteiger partial charge in [0.05, 0.1) is 6.61 Å². The van der Waals surface area contributed by atoms with Crippen LogP contribution in [0.4, 0.5) is 0 Å². The summed E-state index contributed by atoms with van der Waals surface area (Å²) in [4.78, 5) is 0. The van der Waals surface area contributed by atoms with Gasteiger partial charge >= 0.3 is 0 Å². The smallest absolute Gasteiger partial charge is 0.126 e. The number of aryl methyl sites for hydroxylation is 1. The molecule has 1 aromatic carbocycles. The molecule has 0 aromatic heterocycles. The molecule has 0 saturated heterocycles. The van der Waals surface area contributed by atoms with Crippen LogP contribution in [0.15, 0.2) is 18.2 Å². The molecule has 0 unspecified atom stereocenters. The summed E-state index contributed by atoms with van der Waals surface area (Å²) in [7, 11) is 0. The van der Waals surface area contributed by atoms with Crippen LogP contribution < -0.4 is 10.1 Å². The van der Waals surface area contributed by atoms with Gasteiger partial charge in [-0.2, -0.15) is 0 Å². The number of ether oxygens (including phenoxy) is 1. The fourth-order valence-corrected chi connectivity index (χ4v) is 2.26. The predicted molar refractivity (Wildman–Crippen MR) is 87.4 cm³/mol. The number of benzene rings is 1. The maximum atomic E-state index is 6.03. The van der Waals surface area contributed by atoms with Crippen molar-refractivity contribution in [3.63, 3.8) is 0 Å². The van der Waals surface area contributed by atoms with Gasteiger partial charge in [0.25, 0.3) is 0 Å². The van der Waals surface area contributed by atoms with Crippen molar-refractivity contribution >= 4 is 0 Å². The summed E-state index contributed by atoms with van der Waals surface area (Å²) in [5.41, 5.74) is 2.52. The van der Waals surface area contributed by atoms with E-state index in [4.69, 9.17) is 4.74 Å². The van der Waals surface area contributed by atoms with Crippen LogP contribution in [0.1, 0.15) is 57.6 Å². The lowest BCUT2D eigenvalue weighted by Gasteiger charge is -2.15. The molecule has 2 nitrogen and oxygen atoms in total. The fraction of sp³-hybridized carbons (Fsp3) is 0.667.